The molecule has 0 aliphatic heterocycles. The van der Waals surface area contributed by atoms with E-state index >= 15 is 0 Å². The van der Waals surface area contributed by atoms with Crippen molar-refractivity contribution in [3.8, 4) is 0 Å². The first kappa shape index (κ1) is 17.8. The molecule has 0 radical (unpaired) electrons. The lowest BCUT2D eigenvalue weighted by atomic mass is 9.79. The van der Waals surface area contributed by atoms with Gasteiger partial charge in [0.2, 0.25) is 5.91 Å². The van der Waals surface area contributed by atoms with E-state index in [9.17, 15) is 4.79 Å². The summed E-state index contributed by atoms with van der Waals surface area (Å²) in [5.74, 6) is 2.08. The largest absolute Gasteiger partial charge is 0.353 e. The molecule has 1 amide bonds. The van der Waals surface area contributed by atoms with Crippen molar-refractivity contribution in [1.29, 1.82) is 0 Å². The van der Waals surface area contributed by atoms with E-state index in [2.05, 4.69) is 19.2 Å². The van der Waals surface area contributed by atoms with E-state index in [4.69, 9.17) is 5.73 Å². The van der Waals surface area contributed by atoms with Crippen molar-refractivity contribution in [1.82, 2.24) is 5.32 Å². The molecule has 0 aromatic heterocycles. The van der Waals surface area contributed by atoms with Crippen LogP contribution < -0.4 is 11.1 Å². The Labute approximate surface area is 129 Å². The lowest BCUT2D eigenvalue weighted by Crippen LogP contribution is -2.43. The number of hydrogen-bond acceptors (Lipinski definition) is 2. The number of halogens is 1. The predicted molar refractivity (Wildman–Crippen MR) is 85.9 cm³/mol. The molecule has 0 heterocycles. The molecule has 2 unspecified atom stereocenters. The molecular formula is C16H31ClN2O. The average molecular weight is 303 g/mol. The summed E-state index contributed by atoms with van der Waals surface area (Å²) in [6.07, 6.45) is 8.97. The molecule has 0 saturated heterocycles. The van der Waals surface area contributed by atoms with Gasteiger partial charge in [0.1, 0.15) is 0 Å². The molecule has 2 aliphatic rings. The minimum absolute atomic E-state index is 0. The Bertz CT molecular complexity index is 301. The molecule has 3 N–H and O–H groups in total. The molecule has 0 bridgehead atoms. The minimum atomic E-state index is 0. The van der Waals surface area contributed by atoms with Gasteiger partial charge < -0.3 is 11.1 Å². The Morgan fingerprint density at radius 1 is 1.10 bits per heavy atom. The van der Waals surface area contributed by atoms with Crippen molar-refractivity contribution in [3.05, 3.63) is 0 Å². The molecule has 2 saturated carbocycles. The van der Waals surface area contributed by atoms with E-state index in [1.807, 2.05) is 0 Å². The van der Waals surface area contributed by atoms with Crippen LogP contribution in [0.5, 0.6) is 0 Å². The lowest BCUT2D eigenvalue weighted by Gasteiger charge is -2.33. The van der Waals surface area contributed by atoms with Gasteiger partial charge in [-0.2, -0.15) is 0 Å². The van der Waals surface area contributed by atoms with Crippen molar-refractivity contribution >= 4 is 18.3 Å². The van der Waals surface area contributed by atoms with Crippen LogP contribution >= 0.6 is 12.4 Å². The van der Waals surface area contributed by atoms with Gasteiger partial charge in [0.15, 0.2) is 0 Å². The summed E-state index contributed by atoms with van der Waals surface area (Å²) in [6.45, 7) is 4.62. The van der Waals surface area contributed by atoms with E-state index in [0.717, 1.165) is 50.4 Å². The fraction of sp³-hybridized carbons (Fsp3) is 0.938. The smallest absolute Gasteiger partial charge is 0.223 e. The molecule has 0 aromatic rings. The number of nitrogens with two attached hydrogens (primary N) is 1. The van der Waals surface area contributed by atoms with Gasteiger partial charge in [-0.3, -0.25) is 4.79 Å². The summed E-state index contributed by atoms with van der Waals surface area (Å²) < 4.78 is 0. The van der Waals surface area contributed by atoms with Gasteiger partial charge in [0.05, 0.1) is 0 Å². The maximum absolute atomic E-state index is 12.3. The second kappa shape index (κ2) is 8.23. The number of hydrogen-bond donors (Lipinski definition) is 2. The van der Waals surface area contributed by atoms with E-state index in [-0.39, 0.29) is 30.3 Å². The maximum atomic E-state index is 12.3. The van der Waals surface area contributed by atoms with Crippen molar-refractivity contribution in [2.45, 2.75) is 77.3 Å². The van der Waals surface area contributed by atoms with E-state index in [0.29, 0.717) is 6.04 Å². The van der Waals surface area contributed by atoms with Crippen LogP contribution in [0.15, 0.2) is 0 Å². The van der Waals surface area contributed by atoms with Gasteiger partial charge in [-0.1, -0.05) is 20.3 Å². The number of amides is 1. The first-order valence-corrected chi connectivity index (χ1v) is 8.12. The predicted octanol–water partition coefficient (Wildman–Crippen LogP) is 3.26. The summed E-state index contributed by atoms with van der Waals surface area (Å²) in [5.41, 5.74) is 5.97. The fourth-order valence-corrected chi connectivity index (χ4v) is 3.71. The van der Waals surface area contributed by atoms with Gasteiger partial charge in [-0.25, -0.2) is 0 Å². The Hall–Kier alpha value is -0.280. The number of rotatable bonds is 3. The molecule has 20 heavy (non-hydrogen) atoms. The zero-order chi connectivity index (χ0) is 13.8. The Morgan fingerprint density at radius 2 is 1.75 bits per heavy atom. The second-order valence-corrected chi connectivity index (χ2v) is 6.99. The SMILES string of the molecule is CC(C)C1CCC(NC(=O)C2CCCC(N)C2)CC1.Cl. The average Bonchev–Trinajstić information content (AvgIpc) is 2.39. The van der Waals surface area contributed by atoms with Crippen LogP contribution in [0.4, 0.5) is 0 Å². The van der Waals surface area contributed by atoms with Gasteiger partial charge in [-0.15, -0.1) is 12.4 Å². The van der Waals surface area contributed by atoms with E-state index in [1.54, 1.807) is 0 Å². The first-order valence-electron chi connectivity index (χ1n) is 8.12. The molecule has 4 heteroatoms. The van der Waals surface area contributed by atoms with E-state index < -0.39 is 0 Å². The normalized spacial score (nSPS) is 34.4. The highest BCUT2D eigenvalue weighted by Crippen LogP contribution is 2.30. The minimum Gasteiger partial charge on any atom is -0.353 e. The second-order valence-electron chi connectivity index (χ2n) is 6.99. The van der Waals surface area contributed by atoms with Crippen LogP contribution in [0.3, 0.4) is 0 Å². The van der Waals surface area contributed by atoms with Crippen molar-refractivity contribution in [2.24, 2.45) is 23.5 Å². The molecule has 0 spiro atoms. The van der Waals surface area contributed by atoms with Crippen LogP contribution in [0, 0.1) is 17.8 Å². The van der Waals surface area contributed by atoms with E-state index in [1.165, 1.54) is 12.8 Å². The van der Waals surface area contributed by atoms with Gasteiger partial charge in [0.25, 0.3) is 0 Å². The molecule has 2 aliphatic carbocycles. The highest BCUT2D eigenvalue weighted by atomic mass is 35.5. The van der Waals surface area contributed by atoms with Crippen LogP contribution in [-0.2, 0) is 4.79 Å². The summed E-state index contributed by atoms with van der Waals surface area (Å²) >= 11 is 0. The zero-order valence-corrected chi connectivity index (χ0v) is 13.8. The molecule has 2 fully saturated rings. The van der Waals surface area contributed by atoms with Crippen molar-refractivity contribution in [2.75, 3.05) is 0 Å². The fourth-order valence-electron chi connectivity index (χ4n) is 3.71. The zero-order valence-electron chi connectivity index (χ0n) is 12.9. The van der Waals surface area contributed by atoms with Gasteiger partial charge >= 0.3 is 0 Å². The van der Waals surface area contributed by atoms with Gasteiger partial charge in [0, 0.05) is 18.0 Å². The highest BCUT2D eigenvalue weighted by Gasteiger charge is 2.29. The number of carbonyl (C=O) groups is 1. The molecular weight excluding hydrogens is 272 g/mol. The Morgan fingerprint density at radius 3 is 2.30 bits per heavy atom. The van der Waals surface area contributed by atoms with Crippen LogP contribution in [0.2, 0.25) is 0 Å². The molecule has 2 rings (SSSR count). The van der Waals surface area contributed by atoms with Gasteiger partial charge in [-0.05, 0) is 56.8 Å². The van der Waals surface area contributed by atoms with Crippen LogP contribution in [-0.4, -0.2) is 18.0 Å². The van der Waals surface area contributed by atoms with Crippen LogP contribution in [0.25, 0.3) is 0 Å². The number of carbonyl (C=O) groups excluding carboxylic acids is 1. The maximum Gasteiger partial charge on any atom is 0.223 e. The quantitative estimate of drug-likeness (QED) is 0.841. The third-order valence-corrected chi connectivity index (χ3v) is 5.15. The molecule has 3 nitrogen and oxygen atoms in total. The lowest BCUT2D eigenvalue weighted by molar-refractivity contribution is -0.127. The summed E-state index contributed by atoms with van der Waals surface area (Å²) in [7, 11) is 0. The summed E-state index contributed by atoms with van der Waals surface area (Å²) in [6, 6.07) is 0.654. The number of nitrogens with one attached hydrogen (secondary N) is 1. The molecule has 118 valence electrons. The van der Waals surface area contributed by atoms with Crippen molar-refractivity contribution in [3.63, 3.8) is 0 Å². The third-order valence-electron chi connectivity index (χ3n) is 5.15. The first-order chi connectivity index (χ1) is 9.06. The topological polar surface area (TPSA) is 55.1 Å². The monoisotopic (exact) mass is 302 g/mol. The standard InChI is InChI=1S/C16H30N2O.ClH/c1-11(2)12-6-8-15(9-7-12)18-16(19)13-4-3-5-14(17)10-13;/h11-15H,3-10,17H2,1-2H3,(H,18,19);1H. The molecule has 0 aromatic carbocycles. The van der Waals surface area contributed by atoms with Crippen molar-refractivity contribution < 1.29 is 4.79 Å². The third kappa shape index (κ3) is 4.92. The Balaban J connectivity index is 0.00000200. The highest BCUT2D eigenvalue weighted by molar-refractivity contribution is 5.85. The van der Waals surface area contributed by atoms with Crippen LogP contribution in [0.1, 0.15) is 65.2 Å². The summed E-state index contributed by atoms with van der Waals surface area (Å²) in [4.78, 5) is 12.3. The molecule has 2 atom stereocenters. The summed E-state index contributed by atoms with van der Waals surface area (Å²) in [5, 5.41) is 3.27. The Kier molecular flexibility index (Phi) is 7.32.